The molecule has 0 radical (unpaired) electrons. The van der Waals surface area contributed by atoms with Crippen molar-refractivity contribution in [1.29, 1.82) is 0 Å². The Morgan fingerprint density at radius 1 is 1.35 bits per heavy atom. The van der Waals surface area contributed by atoms with Gasteiger partial charge in [-0.1, -0.05) is 38.0 Å². The molecule has 0 saturated heterocycles. The third-order valence-electron chi connectivity index (χ3n) is 4.21. The van der Waals surface area contributed by atoms with E-state index in [2.05, 4.69) is 34.6 Å². The zero-order valence-electron chi connectivity index (χ0n) is 12.3. The fraction of sp³-hybridized carbons (Fsp3) is 0.529. The Hall–Kier alpha value is -0.800. The Balaban J connectivity index is 2.31. The lowest BCUT2D eigenvalue weighted by atomic mass is 9.69. The number of halogens is 1. The van der Waals surface area contributed by atoms with Crippen molar-refractivity contribution in [3.05, 3.63) is 40.4 Å². The van der Waals surface area contributed by atoms with Gasteiger partial charge in [0.2, 0.25) is 0 Å². The first kappa shape index (κ1) is 15.6. The molecule has 1 aliphatic carbocycles. The molecule has 0 bridgehead atoms. The van der Waals surface area contributed by atoms with E-state index in [0.717, 1.165) is 15.8 Å². The third-order valence-corrected chi connectivity index (χ3v) is 5.03. The Morgan fingerprint density at radius 2 is 2.05 bits per heavy atom. The summed E-state index contributed by atoms with van der Waals surface area (Å²) in [5, 5.41) is 0. The van der Waals surface area contributed by atoms with Gasteiger partial charge in [-0.2, -0.15) is 0 Å². The van der Waals surface area contributed by atoms with Gasteiger partial charge >= 0.3 is 0 Å². The zero-order chi connectivity index (χ0) is 14.6. The zero-order valence-corrected chi connectivity index (χ0v) is 13.8. The van der Waals surface area contributed by atoms with Gasteiger partial charge in [0, 0.05) is 12.0 Å². The van der Waals surface area contributed by atoms with Crippen LogP contribution < -0.4 is 10.5 Å². The van der Waals surface area contributed by atoms with Crippen molar-refractivity contribution in [1.82, 2.24) is 0 Å². The maximum Gasteiger partial charge on any atom is 0.134 e. The Kier molecular flexibility index (Phi) is 5.28. The largest absolute Gasteiger partial charge is 0.488 e. The number of hydrogen-bond acceptors (Lipinski definition) is 2. The van der Waals surface area contributed by atoms with Crippen LogP contribution in [0.4, 0.5) is 0 Å². The van der Waals surface area contributed by atoms with E-state index in [1.54, 1.807) is 0 Å². The highest BCUT2D eigenvalue weighted by molar-refractivity contribution is 9.10. The summed E-state index contributed by atoms with van der Waals surface area (Å²) in [4.78, 5) is 0. The second-order valence-corrected chi connectivity index (χ2v) is 6.70. The van der Waals surface area contributed by atoms with Crippen molar-refractivity contribution in [2.45, 2.75) is 44.4 Å². The molecular weight excluding hydrogens is 314 g/mol. The second-order valence-electron chi connectivity index (χ2n) is 5.91. The van der Waals surface area contributed by atoms with E-state index in [9.17, 15) is 0 Å². The maximum absolute atomic E-state index is 6.14. The summed E-state index contributed by atoms with van der Waals surface area (Å²) < 4.78 is 6.90. The first-order chi connectivity index (χ1) is 9.59. The molecule has 0 unspecified atom stereocenters. The Labute approximate surface area is 130 Å². The van der Waals surface area contributed by atoms with E-state index in [4.69, 9.17) is 10.5 Å². The molecule has 0 aliphatic heterocycles. The highest BCUT2D eigenvalue weighted by Crippen LogP contribution is 2.44. The van der Waals surface area contributed by atoms with Gasteiger partial charge < -0.3 is 10.5 Å². The first-order valence-corrected chi connectivity index (χ1v) is 8.14. The van der Waals surface area contributed by atoms with E-state index in [1.807, 2.05) is 13.0 Å². The van der Waals surface area contributed by atoms with Crippen LogP contribution >= 0.6 is 15.9 Å². The van der Waals surface area contributed by atoms with Crippen LogP contribution in [-0.2, 0) is 5.41 Å². The number of hydrogen-bond donors (Lipinski definition) is 1. The van der Waals surface area contributed by atoms with Crippen molar-refractivity contribution in [3.8, 4) is 5.75 Å². The van der Waals surface area contributed by atoms with Crippen molar-refractivity contribution in [2.24, 2.45) is 5.73 Å². The standard InChI is InChI=1S/C17H24BrNO/c1-13(2)11-20-15-8-6-7-14(16(15)18)17(12-19)9-4-3-5-10-17/h6-8H,1,3-5,9-12,19H2,2H3. The van der Waals surface area contributed by atoms with Crippen LogP contribution in [0.15, 0.2) is 34.8 Å². The SMILES string of the molecule is C=C(C)COc1cccc(C2(CN)CCCCC2)c1Br. The molecule has 1 aromatic carbocycles. The van der Waals surface area contributed by atoms with Gasteiger partial charge in [0.1, 0.15) is 12.4 Å². The van der Waals surface area contributed by atoms with Crippen LogP contribution in [0.1, 0.15) is 44.6 Å². The molecule has 2 rings (SSSR count). The number of ether oxygens (including phenoxy) is 1. The smallest absolute Gasteiger partial charge is 0.134 e. The predicted octanol–water partition coefficient (Wildman–Crippen LogP) is 4.56. The van der Waals surface area contributed by atoms with Gasteiger partial charge in [0.05, 0.1) is 4.47 Å². The van der Waals surface area contributed by atoms with Crippen molar-refractivity contribution in [3.63, 3.8) is 0 Å². The van der Waals surface area contributed by atoms with Gasteiger partial charge in [-0.25, -0.2) is 0 Å². The monoisotopic (exact) mass is 337 g/mol. The summed E-state index contributed by atoms with van der Waals surface area (Å²) in [6.07, 6.45) is 6.20. The molecule has 0 amide bonds. The lowest BCUT2D eigenvalue weighted by Gasteiger charge is -2.37. The molecule has 1 aromatic rings. The first-order valence-electron chi connectivity index (χ1n) is 7.35. The minimum Gasteiger partial charge on any atom is -0.488 e. The van der Waals surface area contributed by atoms with E-state index in [-0.39, 0.29) is 5.41 Å². The molecule has 2 nitrogen and oxygen atoms in total. The van der Waals surface area contributed by atoms with Gasteiger partial charge in [-0.15, -0.1) is 0 Å². The maximum atomic E-state index is 6.14. The van der Waals surface area contributed by atoms with Crippen molar-refractivity contribution in [2.75, 3.05) is 13.2 Å². The third kappa shape index (κ3) is 3.26. The van der Waals surface area contributed by atoms with Crippen LogP contribution in [0.2, 0.25) is 0 Å². The van der Waals surface area contributed by atoms with E-state index >= 15 is 0 Å². The summed E-state index contributed by atoms with van der Waals surface area (Å²) in [5.74, 6) is 0.892. The highest BCUT2D eigenvalue weighted by Gasteiger charge is 2.34. The quantitative estimate of drug-likeness (QED) is 0.799. The number of nitrogens with two attached hydrogens (primary N) is 1. The molecule has 1 saturated carbocycles. The van der Waals surface area contributed by atoms with Gasteiger partial charge in [-0.05, 0) is 52.9 Å². The summed E-state index contributed by atoms with van der Waals surface area (Å²) in [7, 11) is 0. The van der Waals surface area contributed by atoms with Crippen LogP contribution in [-0.4, -0.2) is 13.2 Å². The lowest BCUT2D eigenvalue weighted by Crippen LogP contribution is -2.37. The Bertz CT molecular complexity index is 478. The normalized spacial score (nSPS) is 17.8. The minimum absolute atomic E-state index is 0.111. The summed E-state index contributed by atoms with van der Waals surface area (Å²) in [5.41, 5.74) is 8.57. The average Bonchev–Trinajstić information content (AvgIpc) is 2.46. The molecule has 110 valence electrons. The van der Waals surface area contributed by atoms with Crippen molar-refractivity contribution < 1.29 is 4.74 Å². The molecule has 0 heterocycles. The van der Waals surface area contributed by atoms with Crippen LogP contribution in [0.25, 0.3) is 0 Å². The molecule has 20 heavy (non-hydrogen) atoms. The van der Waals surface area contributed by atoms with Crippen LogP contribution in [0.5, 0.6) is 5.75 Å². The number of rotatable bonds is 5. The molecule has 3 heteroatoms. The minimum atomic E-state index is 0.111. The second kappa shape index (κ2) is 6.77. The molecule has 1 fully saturated rings. The molecule has 2 N–H and O–H groups in total. The predicted molar refractivity (Wildman–Crippen MR) is 88.3 cm³/mol. The van der Waals surface area contributed by atoms with Crippen LogP contribution in [0, 0.1) is 0 Å². The molecule has 0 aromatic heterocycles. The van der Waals surface area contributed by atoms with Gasteiger partial charge in [-0.3, -0.25) is 0 Å². The number of benzene rings is 1. The van der Waals surface area contributed by atoms with E-state index < -0.39 is 0 Å². The van der Waals surface area contributed by atoms with E-state index in [1.165, 1.54) is 37.7 Å². The molecular formula is C17H24BrNO. The molecule has 1 aliphatic rings. The van der Waals surface area contributed by atoms with Gasteiger partial charge in [0.15, 0.2) is 0 Å². The van der Waals surface area contributed by atoms with Gasteiger partial charge in [0.25, 0.3) is 0 Å². The summed E-state index contributed by atoms with van der Waals surface area (Å²) in [6, 6.07) is 6.26. The summed E-state index contributed by atoms with van der Waals surface area (Å²) in [6.45, 7) is 7.11. The highest BCUT2D eigenvalue weighted by atomic mass is 79.9. The molecule has 0 atom stereocenters. The average molecular weight is 338 g/mol. The van der Waals surface area contributed by atoms with E-state index in [0.29, 0.717) is 13.2 Å². The fourth-order valence-corrected chi connectivity index (χ4v) is 3.84. The topological polar surface area (TPSA) is 35.2 Å². The summed E-state index contributed by atoms with van der Waals surface area (Å²) >= 11 is 3.73. The fourth-order valence-electron chi connectivity index (χ4n) is 3.04. The lowest BCUT2D eigenvalue weighted by molar-refractivity contribution is 0.296. The molecule has 0 spiro atoms. The van der Waals surface area contributed by atoms with Crippen LogP contribution in [0.3, 0.4) is 0 Å². The Morgan fingerprint density at radius 3 is 2.65 bits per heavy atom. The van der Waals surface area contributed by atoms with Crippen molar-refractivity contribution >= 4 is 15.9 Å².